The first-order chi connectivity index (χ1) is 11.2. The summed E-state index contributed by atoms with van der Waals surface area (Å²) in [6, 6.07) is 8.61. The Hall–Kier alpha value is -0.360. The Kier molecular flexibility index (Phi) is 6.07. The molecular formula is C18H25ClN2OS2. The van der Waals surface area contributed by atoms with E-state index >= 15 is 0 Å². The minimum absolute atomic E-state index is 0. The second-order valence-corrected chi connectivity index (χ2v) is 9.65. The molecule has 0 bridgehead atoms. The number of hydrogen-bond acceptors (Lipinski definition) is 4. The fourth-order valence-electron chi connectivity index (χ4n) is 4.12. The van der Waals surface area contributed by atoms with Crippen molar-refractivity contribution in [3.63, 3.8) is 0 Å². The number of amides is 1. The average Bonchev–Trinajstić information content (AvgIpc) is 3.18. The molecular weight excluding hydrogens is 360 g/mol. The van der Waals surface area contributed by atoms with E-state index in [9.17, 15) is 4.79 Å². The molecule has 3 unspecified atom stereocenters. The monoisotopic (exact) mass is 384 g/mol. The van der Waals surface area contributed by atoms with Crippen molar-refractivity contribution in [3.8, 4) is 0 Å². The van der Waals surface area contributed by atoms with E-state index in [-0.39, 0.29) is 18.3 Å². The molecule has 2 heterocycles. The second kappa shape index (κ2) is 7.90. The van der Waals surface area contributed by atoms with Gasteiger partial charge in [0, 0.05) is 24.7 Å². The molecule has 3 atom stereocenters. The van der Waals surface area contributed by atoms with Gasteiger partial charge in [-0.2, -0.15) is 0 Å². The molecule has 2 aliphatic heterocycles. The normalized spacial score (nSPS) is 30.0. The molecule has 24 heavy (non-hydrogen) atoms. The van der Waals surface area contributed by atoms with Gasteiger partial charge in [0.25, 0.3) is 5.91 Å². The molecule has 0 radical (unpaired) electrons. The van der Waals surface area contributed by atoms with Gasteiger partial charge in [0.2, 0.25) is 0 Å². The van der Waals surface area contributed by atoms with Crippen molar-refractivity contribution in [1.29, 1.82) is 0 Å². The third-order valence-corrected chi connectivity index (χ3v) is 8.47. The van der Waals surface area contributed by atoms with Gasteiger partial charge in [-0.3, -0.25) is 4.79 Å². The Morgan fingerprint density at radius 2 is 1.79 bits per heavy atom. The Bertz CT molecular complexity index is 577. The number of nitrogens with two attached hydrogens (primary N) is 1. The number of carbonyl (C=O) groups is 1. The molecule has 1 aliphatic carbocycles. The summed E-state index contributed by atoms with van der Waals surface area (Å²) in [4.78, 5) is 14.8. The number of thioether (sulfide) groups is 2. The first-order valence-electron chi connectivity index (χ1n) is 8.60. The lowest BCUT2D eigenvalue weighted by atomic mass is 9.98. The van der Waals surface area contributed by atoms with E-state index in [1.165, 1.54) is 29.9 Å². The van der Waals surface area contributed by atoms with E-state index in [1.54, 1.807) is 0 Å². The summed E-state index contributed by atoms with van der Waals surface area (Å²) in [7, 11) is 0. The number of benzene rings is 1. The Balaban J connectivity index is 0.00000169. The van der Waals surface area contributed by atoms with Crippen LogP contribution in [0.15, 0.2) is 24.3 Å². The van der Waals surface area contributed by atoms with E-state index in [0.717, 1.165) is 25.1 Å². The van der Waals surface area contributed by atoms with Crippen molar-refractivity contribution >= 4 is 41.8 Å². The van der Waals surface area contributed by atoms with Gasteiger partial charge < -0.3 is 10.6 Å². The number of halogens is 1. The molecule has 2 saturated heterocycles. The molecule has 3 nitrogen and oxygen atoms in total. The molecule has 3 fully saturated rings. The lowest BCUT2D eigenvalue weighted by Gasteiger charge is -2.22. The summed E-state index contributed by atoms with van der Waals surface area (Å²) >= 11 is 4.04. The van der Waals surface area contributed by atoms with E-state index < -0.39 is 0 Å². The van der Waals surface area contributed by atoms with Crippen LogP contribution in [0.2, 0.25) is 0 Å². The van der Waals surface area contributed by atoms with Crippen molar-refractivity contribution < 1.29 is 4.79 Å². The van der Waals surface area contributed by atoms with Crippen LogP contribution in [0.4, 0.5) is 0 Å². The first kappa shape index (κ1) is 18.4. The summed E-state index contributed by atoms with van der Waals surface area (Å²) in [6.07, 6.45) is 3.62. The summed E-state index contributed by atoms with van der Waals surface area (Å²) in [5, 5.41) is 0. The Morgan fingerprint density at radius 3 is 2.46 bits per heavy atom. The molecule has 0 aromatic heterocycles. The number of likely N-dealkylation sites (tertiary alicyclic amines) is 1. The smallest absolute Gasteiger partial charge is 0.253 e. The predicted molar refractivity (Wildman–Crippen MR) is 106 cm³/mol. The van der Waals surface area contributed by atoms with Gasteiger partial charge in [0.05, 0.1) is 4.58 Å². The molecule has 1 amide bonds. The standard InChI is InChI=1S/C18H24N2OS2.ClH/c19-16-7-6-14-10-20(11-15(14)16)17(21)12-2-4-13(5-3-12)18-22-8-1-9-23-18;/h2-5,14-16,18H,1,6-11,19H2;1H. The third-order valence-electron chi connectivity index (χ3n) is 5.46. The minimum Gasteiger partial charge on any atom is -0.338 e. The predicted octanol–water partition coefficient (Wildman–Crippen LogP) is 3.79. The molecule has 1 aromatic rings. The third kappa shape index (κ3) is 3.59. The van der Waals surface area contributed by atoms with Crippen molar-refractivity contribution in [3.05, 3.63) is 35.4 Å². The zero-order valence-electron chi connectivity index (χ0n) is 13.7. The van der Waals surface area contributed by atoms with Gasteiger partial charge in [0.15, 0.2) is 0 Å². The van der Waals surface area contributed by atoms with E-state index in [2.05, 4.69) is 12.1 Å². The zero-order valence-corrected chi connectivity index (χ0v) is 16.2. The highest BCUT2D eigenvalue weighted by molar-refractivity contribution is 8.16. The Labute approximate surface area is 158 Å². The first-order valence-corrected chi connectivity index (χ1v) is 10.7. The topological polar surface area (TPSA) is 46.3 Å². The van der Waals surface area contributed by atoms with Crippen LogP contribution in [0, 0.1) is 11.8 Å². The second-order valence-electron chi connectivity index (χ2n) is 6.92. The maximum atomic E-state index is 12.7. The summed E-state index contributed by atoms with van der Waals surface area (Å²) < 4.78 is 0.539. The van der Waals surface area contributed by atoms with Crippen LogP contribution in [-0.2, 0) is 0 Å². The quantitative estimate of drug-likeness (QED) is 0.842. The number of nitrogens with zero attached hydrogens (tertiary/aromatic N) is 1. The van der Waals surface area contributed by atoms with Gasteiger partial charge in [-0.05, 0) is 60.3 Å². The molecule has 6 heteroatoms. The van der Waals surface area contributed by atoms with Crippen molar-refractivity contribution in [2.24, 2.45) is 17.6 Å². The van der Waals surface area contributed by atoms with Crippen molar-refractivity contribution in [2.45, 2.75) is 29.9 Å². The van der Waals surface area contributed by atoms with Crippen molar-refractivity contribution in [2.75, 3.05) is 24.6 Å². The van der Waals surface area contributed by atoms with E-state index in [4.69, 9.17) is 5.73 Å². The number of fused-ring (bicyclic) bond motifs is 1. The SMILES string of the molecule is Cl.NC1CCC2CN(C(=O)c3ccc(C4SCCCS4)cc3)CC12. The zero-order chi connectivity index (χ0) is 15.8. The van der Waals surface area contributed by atoms with Crippen LogP contribution in [0.1, 0.15) is 39.8 Å². The maximum absolute atomic E-state index is 12.7. The fourth-order valence-corrected chi connectivity index (χ4v) is 7.01. The number of hydrogen-bond donors (Lipinski definition) is 1. The lowest BCUT2D eigenvalue weighted by Crippen LogP contribution is -2.33. The molecule has 2 N–H and O–H groups in total. The van der Waals surface area contributed by atoms with Gasteiger partial charge in [0.1, 0.15) is 0 Å². The van der Waals surface area contributed by atoms with E-state index in [0.29, 0.717) is 22.5 Å². The van der Waals surface area contributed by atoms with E-state index in [1.807, 2.05) is 40.6 Å². The Morgan fingerprint density at radius 1 is 1.08 bits per heavy atom. The van der Waals surface area contributed by atoms with Gasteiger partial charge in [-0.1, -0.05) is 12.1 Å². The molecule has 0 spiro atoms. The highest BCUT2D eigenvalue weighted by atomic mass is 35.5. The number of rotatable bonds is 2. The minimum atomic E-state index is 0. The highest BCUT2D eigenvalue weighted by Crippen LogP contribution is 2.43. The summed E-state index contributed by atoms with van der Waals surface area (Å²) in [5.41, 5.74) is 8.35. The largest absolute Gasteiger partial charge is 0.338 e. The van der Waals surface area contributed by atoms with Crippen LogP contribution in [0.3, 0.4) is 0 Å². The van der Waals surface area contributed by atoms with Gasteiger partial charge >= 0.3 is 0 Å². The fraction of sp³-hybridized carbons (Fsp3) is 0.611. The summed E-state index contributed by atoms with van der Waals surface area (Å²) in [5.74, 6) is 3.82. The molecule has 3 aliphatic rings. The molecule has 132 valence electrons. The highest BCUT2D eigenvalue weighted by Gasteiger charge is 2.42. The molecule has 1 aromatic carbocycles. The maximum Gasteiger partial charge on any atom is 0.253 e. The van der Waals surface area contributed by atoms with Crippen molar-refractivity contribution in [1.82, 2.24) is 4.90 Å². The molecule has 4 rings (SSSR count). The van der Waals surface area contributed by atoms with Gasteiger partial charge in [-0.25, -0.2) is 0 Å². The van der Waals surface area contributed by atoms with Crippen LogP contribution < -0.4 is 5.73 Å². The van der Waals surface area contributed by atoms with Crippen LogP contribution in [0.25, 0.3) is 0 Å². The van der Waals surface area contributed by atoms with Crippen LogP contribution >= 0.6 is 35.9 Å². The lowest BCUT2D eigenvalue weighted by molar-refractivity contribution is 0.0779. The number of carbonyl (C=O) groups excluding carboxylic acids is 1. The van der Waals surface area contributed by atoms with Gasteiger partial charge in [-0.15, -0.1) is 35.9 Å². The van der Waals surface area contributed by atoms with Crippen LogP contribution in [0.5, 0.6) is 0 Å². The van der Waals surface area contributed by atoms with Crippen LogP contribution in [-0.4, -0.2) is 41.4 Å². The summed E-state index contributed by atoms with van der Waals surface area (Å²) in [6.45, 7) is 1.74. The average molecular weight is 385 g/mol. The molecule has 1 saturated carbocycles.